The van der Waals surface area contributed by atoms with E-state index in [4.69, 9.17) is 0 Å². The van der Waals surface area contributed by atoms with Crippen LogP contribution in [0.1, 0.15) is 22.1 Å². The predicted molar refractivity (Wildman–Crippen MR) is 103 cm³/mol. The van der Waals surface area contributed by atoms with Crippen LogP contribution in [-0.2, 0) is 0 Å². The molecule has 3 atom stereocenters. The van der Waals surface area contributed by atoms with E-state index in [1.54, 1.807) is 30.0 Å². The number of aromatic nitrogens is 2. The lowest BCUT2D eigenvalue weighted by atomic mass is 9.89. The molecule has 2 aromatic rings. The Hall–Kier alpha value is -3.23. The van der Waals surface area contributed by atoms with Crippen LogP contribution < -0.4 is 5.56 Å². The van der Waals surface area contributed by atoms with Gasteiger partial charge in [-0.3, -0.25) is 9.59 Å². The molecule has 0 saturated carbocycles. The third kappa shape index (κ3) is 3.48. The zero-order valence-corrected chi connectivity index (χ0v) is 16.2. The van der Waals surface area contributed by atoms with Crippen LogP contribution in [0.15, 0.2) is 41.2 Å². The van der Waals surface area contributed by atoms with E-state index in [1.165, 1.54) is 29.2 Å². The molecule has 29 heavy (non-hydrogen) atoms. The number of hydrogen-bond acceptors (Lipinski definition) is 4. The summed E-state index contributed by atoms with van der Waals surface area (Å²) in [6.45, 7) is 1.40. The highest BCUT2D eigenvalue weighted by Crippen LogP contribution is 2.45. The molecule has 4 rings (SSSR count). The molecule has 1 aromatic carbocycles. The first-order valence-corrected chi connectivity index (χ1v) is 9.43. The number of amides is 3. The quantitative estimate of drug-likeness (QED) is 0.825. The Kier molecular flexibility index (Phi) is 4.81. The fourth-order valence-corrected chi connectivity index (χ4v) is 4.41. The SMILES string of the molecule is CN(C)C(=O)N1C[C@H]2CN(C(=O)c3ccc(=O)[nH]n3)C[C@H]2[C@H]1c1cccc(F)c1. The van der Waals surface area contributed by atoms with Crippen molar-refractivity contribution in [1.82, 2.24) is 24.9 Å². The van der Waals surface area contributed by atoms with E-state index in [0.717, 1.165) is 5.56 Å². The summed E-state index contributed by atoms with van der Waals surface area (Å²) in [7, 11) is 3.38. The molecule has 9 heteroatoms. The minimum Gasteiger partial charge on any atom is -0.337 e. The van der Waals surface area contributed by atoms with Crippen molar-refractivity contribution in [2.45, 2.75) is 6.04 Å². The number of nitrogens with zero attached hydrogens (tertiary/aromatic N) is 4. The van der Waals surface area contributed by atoms with Crippen LogP contribution in [0.3, 0.4) is 0 Å². The molecule has 2 aliphatic heterocycles. The first-order valence-electron chi connectivity index (χ1n) is 9.43. The number of urea groups is 1. The number of fused-ring (bicyclic) bond motifs is 1. The zero-order chi connectivity index (χ0) is 20.7. The molecule has 1 N–H and O–H groups in total. The molecular formula is C20H22FN5O3. The molecule has 0 unspecified atom stereocenters. The number of hydrogen-bond donors (Lipinski definition) is 1. The number of nitrogens with one attached hydrogen (secondary N) is 1. The van der Waals surface area contributed by atoms with Crippen LogP contribution in [0.4, 0.5) is 9.18 Å². The van der Waals surface area contributed by atoms with Crippen LogP contribution in [-0.4, -0.2) is 70.6 Å². The second kappa shape index (κ2) is 7.31. The van der Waals surface area contributed by atoms with Gasteiger partial charge in [-0.2, -0.15) is 5.10 Å². The summed E-state index contributed by atoms with van der Waals surface area (Å²) in [5, 5.41) is 6.10. The summed E-state index contributed by atoms with van der Waals surface area (Å²) in [5.74, 6) is -0.544. The van der Waals surface area contributed by atoms with E-state index in [1.807, 2.05) is 6.07 Å². The Labute approximate surface area is 166 Å². The van der Waals surface area contributed by atoms with E-state index in [0.29, 0.717) is 19.6 Å². The van der Waals surface area contributed by atoms with Gasteiger partial charge in [-0.1, -0.05) is 12.1 Å². The molecule has 152 valence electrons. The van der Waals surface area contributed by atoms with Crippen molar-refractivity contribution < 1.29 is 14.0 Å². The number of carbonyl (C=O) groups is 2. The Morgan fingerprint density at radius 1 is 1.17 bits per heavy atom. The van der Waals surface area contributed by atoms with E-state index >= 15 is 0 Å². The highest BCUT2D eigenvalue weighted by atomic mass is 19.1. The minimum absolute atomic E-state index is 0.00703. The van der Waals surface area contributed by atoms with Gasteiger partial charge in [0, 0.05) is 51.6 Å². The summed E-state index contributed by atoms with van der Waals surface area (Å²) in [6.07, 6.45) is 0. The van der Waals surface area contributed by atoms with Crippen molar-refractivity contribution in [1.29, 1.82) is 0 Å². The van der Waals surface area contributed by atoms with Crippen LogP contribution in [0.2, 0.25) is 0 Å². The molecule has 0 radical (unpaired) electrons. The molecule has 3 amide bonds. The van der Waals surface area contributed by atoms with Crippen LogP contribution in [0, 0.1) is 17.7 Å². The molecule has 0 bridgehead atoms. The second-order valence-electron chi connectivity index (χ2n) is 7.77. The fourth-order valence-electron chi connectivity index (χ4n) is 4.41. The third-order valence-electron chi connectivity index (χ3n) is 5.67. The van der Waals surface area contributed by atoms with Crippen LogP contribution >= 0.6 is 0 Å². The van der Waals surface area contributed by atoms with Gasteiger partial charge in [0.05, 0.1) is 6.04 Å². The average Bonchev–Trinajstić information content (AvgIpc) is 3.25. The maximum atomic E-state index is 13.9. The van der Waals surface area contributed by atoms with Gasteiger partial charge in [0.25, 0.3) is 11.5 Å². The molecule has 8 nitrogen and oxygen atoms in total. The van der Waals surface area contributed by atoms with Crippen LogP contribution in [0.25, 0.3) is 0 Å². The largest absolute Gasteiger partial charge is 0.337 e. The van der Waals surface area contributed by atoms with E-state index in [-0.39, 0.29) is 46.9 Å². The molecular weight excluding hydrogens is 377 g/mol. The number of rotatable bonds is 2. The first-order chi connectivity index (χ1) is 13.8. The Bertz CT molecular complexity index is 987. The van der Waals surface area contributed by atoms with E-state index in [2.05, 4.69) is 10.2 Å². The lowest BCUT2D eigenvalue weighted by Crippen LogP contribution is -2.42. The number of benzene rings is 1. The summed E-state index contributed by atoms with van der Waals surface area (Å²) in [5.41, 5.74) is 0.529. The first kappa shape index (κ1) is 19.1. The van der Waals surface area contributed by atoms with Crippen molar-refractivity contribution in [2.75, 3.05) is 33.7 Å². The summed E-state index contributed by atoms with van der Waals surface area (Å²) < 4.78 is 13.9. The maximum Gasteiger partial charge on any atom is 0.320 e. The third-order valence-corrected chi connectivity index (χ3v) is 5.67. The van der Waals surface area contributed by atoms with Crippen LogP contribution in [0.5, 0.6) is 0 Å². The van der Waals surface area contributed by atoms with Gasteiger partial charge in [-0.25, -0.2) is 14.3 Å². The van der Waals surface area contributed by atoms with Gasteiger partial charge >= 0.3 is 6.03 Å². The highest BCUT2D eigenvalue weighted by Gasteiger charge is 2.50. The maximum absolute atomic E-state index is 13.9. The molecule has 1 aromatic heterocycles. The van der Waals surface area contributed by atoms with Gasteiger partial charge in [-0.15, -0.1) is 0 Å². The lowest BCUT2D eigenvalue weighted by molar-refractivity contribution is 0.0759. The number of H-pyrrole nitrogens is 1. The fraction of sp³-hybridized carbons (Fsp3) is 0.400. The van der Waals surface area contributed by atoms with Crippen molar-refractivity contribution >= 4 is 11.9 Å². The monoisotopic (exact) mass is 399 g/mol. The van der Waals surface area contributed by atoms with Gasteiger partial charge in [-0.05, 0) is 23.8 Å². The highest BCUT2D eigenvalue weighted by molar-refractivity contribution is 5.92. The van der Waals surface area contributed by atoms with E-state index in [9.17, 15) is 18.8 Å². The molecule has 2 fully saturated rings. The summed E-state index contributed by atoms with van der Waals surface area (Å²) in [4.78, 5) is 41.7. The zero-order valence-electron chi connectivity index (χ0n) is 16.2. The summed E-state index contributed by atoms with van der Waals surface area (Å²) in [6, 6.07) is 8.52. The molecule has 3 heterocycles. The Morgan fingerprint density at radius 3 is 2.62 bits per heavy atom. The standard InChI is InChI=1S/C20H22FN5O3/c1-24(2)20(29)26-10-13-9-25(19(28)16-6-7-17(27)23-22-16)11-15(13)18(26)12-4-3-5-14(21)8-12/h3-8,13,15,18H,9-11H2,1-2H3,(H,23,27)/t13-,15-,18-/m1/s1. The van der Waals surface area contributed by atoms with Crippen molar-refractivity contribution in [2.24, 2.45) is 11.8 Å². The lowest BCUT2D eigenvalue weighted by Gasteiger charge is -2.31. The topological polar surface area (TPSA) is 89.6 Å². The van der Waals surface area contributed by atoms with E-state index < -0.39 is 0 Å². The molecule has 0 spiro atoms. The predicted octanol–water partition coefficient (Wildman–Crippen LogP) is 1.34. The summed E-state index contributed by atoms with van der Waals surface area (Å²) >= 11 is 0. The molecule has 2 aliphatic rings. The number of likely N-dealkylation sites (tertiary alicyclic amines) is 2. The number of carbonyl (C=O) groups excluding carboxylic acids is 2. The van der Waals surface area contributed by atoms with Gasteiger partial charge < -0.3 is 14.7 Å². The van der Waals surface area contributed by atoms with Gasteiger partial charge in [0.1, 0.15) is 11.5 Å². The number of aromatic amines is 1. The Balaban J connectivity index is 1.61. The van der Waals surface area contributed by atoms with Gasteiger partial charge in [0.15, 0.2) is 0 Å². The normalized spacial score (nSPS) is 23.2. The van der Waals surface area contributed by atoms with Crippen molar-refractivity contribution in [3.8, 4) is 0 Å². The second-order valence-corrected chi connectivity index (χ2v) is 7.77. The molecule has 0 aliphatic carbocycles. The van der Waals surface area contributed by atoms with Gasteiger partial charge in [0.2, 0.25) is 0 Å². The van der Waals surface area contributed by atoms with Crippen molar-refractivity contribution in [3.05, 3.63) is 63.8 Å². The van der Waals surface area contributed by atoms with Crippen molar-refractivity contribution in [3.63, 3.8) is 0 Å². The smallest absolute Gasteiger partial charge is 0.320 e. The number of halogens is 1. The molecule has 2 saturated heterocycles. The Morgan fingerprint density at radius 2 is 1.97 bits per heavy atom. The minimum atomic E-state index is -0.371. The average molecular weight is 399 g/mol.